The maximum atomic E-state index is 13.8. The average molecular weight is 272 g/mol. The molecular weight excluding hydrogens is 258 g/mol. The van der Waals surface area contributed by atoms with Gasteiger partial charge in [-0.2, -0.15) is 0 Å². The number of nitro groups is 1. The second-order valence-corrected chi connectivity index (χ2v) is 4.77. The molecule has 2 rings (SSSR count). The van der Waals surface area contributed by atoms with Crippen LogP contribution in [0.2, 0.25) is 0 Å². The van der Waals surface area contributed by atoms with Crippen molar-refractivity contribution in [2.45, 2.75) is 19.4 Å². The van der Waals surface area contributed by atoms with Crippen LogP contribution in [0.5, 0.6) is 0 Å². The molecule has 1 aliphatic rings. The molecule has 1 N–H and O–H groups in total. The minimum absolute atomic E-state index is 0.0342. The van der Waals surface area contributed by atoms with Gasteiger partial charge in [-0.1, -0.05) is 6.92 Å². The summed E-state index contributed by atoms with van der Waals surface area (Å²) in [5, 5.41) is 20.7. The van der Waals surface area contributed by atoms with E-state index in [2.05, 4.69) is 0 Å². The lowest BCUT2D eigenvalue weighted by molar-refractivity contribution is -0.384. The van der Waals surface area contributed by atoms with Crippen molar-refractivity contribution in [1.82, 2.24) is 0 Å². The molecule has 0 spiro atoms. The molecule has 1 fully saturated rings. The Morgan fingerprint density at radius 2 is 2.16 bits per heavy atom. The summed E-state index contributed by atoms with van der Waals surface area (Å²) in [7, 11) is 0. The summed E-state index contributed by atoms with van der Waals surface area (Å²) >= 11 is 0. The van der Waals surface area contributed by atoms with Crippen molar-refractivity contribution in [2.24, 2.45) is 5.92 Å². The Balaban J connectivity index is 2.43. The van der Waals surface area contributed by atoms with Crippen molar-refractivity contribution < 1.29 is 18.8 Å². The van der Waals surface area contributed by atoms with Crippen LogP contribution >= 0.6 is 0 Å². The van der Waals surface area contributed by atoms with Crippen molar-refractivity contribution in [1.29, 1.82) is 0 Å². The van der Waals surface area contributed by atoms with Crippen LogP contribution in [0, 0.1) is 27.7 Å². The highest BCUT2D eigenvalue weighted by Crippen LogP contribution is 2.35. The molecule has 7 heteroatoms. The van der Waals surface area contributed by atoms with Gasteiger partial charge in [-0.25, -0.2) is 8.78 Å². The molecule has 2 atom stereocenters. The van der Waals surface area contributed by atoms with Gasteiger partial charge in [0.1, 0.15) is 0 Å². The van der Waals surface area contributed by atoms with Gasteiger partial charge < -0.3 is 10.0 Å². The molecule has 19 heavy (non-hydrogen) atoms. The van der Waals surface area contributed by atoms with E-state index >= 15 is 0 Å². The summed E-state index contributed by atoms with van der Waals surface area (Å²) in [4.78, 5) is 11.5. The number of aliphatic hydroxyl groups excluding tert-OH is 1. The highest BCUT2D eigenvalue weighted by Gasteiger charge is 2.32. The van der Waals surface area contributed by atoms with Crippen molar-refractivity contribution in [3.05, 3.63) is 33.9 Å². The van der Waals surface area contributed by atoms with Crippen LogP contribution in [0.1, 0.15) is 13.3 Å². The number of anilines is 1. The minimum Gasteiger partial charge on any atom is -0.391 e. The predicted molar refractivity (Wildman–Crippen MR) is 65.0 cm³/mol. The van der Waals surface area contributed by atoms with E-state index in [9.17, 15) is 24.0 Å². The summed E-state index contributed by atoms with van der Waals surface area (Å²) < 4.78 is 27.1. The standard InChI is InChI=1S/C12H14F2N2O3/c1-7-4-5-15(6-10(7)17)12-9(16(18)19)3-2-8(13)11(12)14/h2-3,7,10,17H,4-6H2,1H3. The van der Waals surface area contributed by atoms with Crippen molar-refractivity contribution in [3.8, 4) is 0 Å². The SMILES string of the molecule is CC1CCN(c2c([N+](=O)[O-])ccc(F)c2F)CC1O. The number of hydrogen-bond acceptors (Lipinski definition) is 4. The highest BCUT2D eigenvalue weighted by atomic mass is 19.2. The smallest absolute Gasteiger partial charge is 0.295 e. The normalized spacial score (nSPS) is 23.5. The monoisotopic (exact) mass is 272 g/mol. The second kappa shape index (κ2) is 5.08. The van der Waals surface area contributed by atoms with E-state index in [1.807, 2.05) is 6.92 Å². The maximum Gasteiger partial charge on any atom is 0.295 e. The maximum absolute atomic E-state index is 13.8. The molecule has 0 aliphatic carbocycles. The largest absolute Gasteiger partial charge is 0.391 e. The Morgan fingerprint density at radius 1 is 1.47 bits per heavy atom. The molecule has 1 aromatic rings. The van der Waals surface area contributed by atoms with E-state index in [1.165, 1.54) is 4.90 Å². The lowest BCUT2D eigenvalue weighted by Gasteiger charge is -2.35. The summed E-state index contributed by atoms with van der Waals surface area (Å²) in [6, 6.07) is 1.68. The number of nitro benzene ring substituents is 1. The third kappa shape index (κ3) is 2.51. The van der Waals surface area contributed by atoms with Gasteiger partial charge in [-0.05, 0) is 18.4 Å². The van der Waals surface area contributed by atoms with Gasteiger partial charge in [0.15, 0.2) is 17.3 Å². The van der Waals surface area contributed by atoms with E-state index in [4.69, 9.17) is 0 Å². The van der Waals surface area contributed by atoms with Crippen LogP contribution in [-0.4, -0.2) is 29.2 Å². The number of piperidine rings is 1. The Morgan fingerprint density at radius 3 is 2.74 bits per heavy atom. The number of hydrogen-bond donors (Lipinski definition) is 1. The number of benzene rings is 1. The highest BCUT2D eigenvalue weighted by molar-refractivity contribution is 5.64. The molecule has 1 aromatic carbocycles. The second-order valence-electron chi connectivity index (χ2n) is 4.77. The number of aliphatic hydroxyl groups is 1. The van der Waals surface area contributed by atoms with Gasteiger partial charge in [0.05, 0.1) is 11.0 Å². The Hall–Kier alpha value is -1.76. The summed E-state index contributed by atoms with van der Waals surface area (Å²) in [5.74, 6) is -2.34. The lowest BCUT2D eigenvalue weighted by atomic mass is 9.95. The Bertz CT molecular complexity index is 510. The van der Waals surface area contributed by atoms with Gasteiger partial charge in [-0.3, -0.25) is 10.1 Å². The molecule has 0 aromatic heterocycles. The third-order valence-corrected chi connectivity index (χ3v) is 3.48. The zero-order chi connectivity index (χ0) is 14.2. The average Bonchev–Trinajstić information content (AvgIpc) is 2.35. The first-order valence-electron chi connectivity index (χ1n) is 5.97. The number of β-amino-alcohol motifs (C(OH)–C–C–N with tert-alkyl or cyclic N) is 1. The van der Waals surface area contributed by atoms with Crippen molar-refractivity contribution >= 4 is 11.4 Å². The van der Waals surface area contributed by atoms with Crippen LogP contribution in [0.4, 0.5) is 20.2 Å². The minimum atomic E-state index is -1.24. The van der Waals surface area contributed by atoms with Gasteiger partial charge in [0.25, 0.3) is 5.69 Å². The first-order valence-corrected chi connectivity index (χ1v) is 5.97. The van der Waals surface area contributed by atoms with Crippen LogP contribution in [-0.2, 0) is 0 Å². The fourth-order valence-electron chi connectivity index (χ4n) is 2.23. The van der Waals surface area contributed by atoms with Crippen LogP contribution in [0.3, 0.4) is 0 Å². The molecule has 104 valence electrons. The molecule has 2 unspecified atom stereocenters. The van der Waals surface area contributed by atoms with Crippen LogP contribution in [0.25, 0.3) is 0 Å². The molecule has 0 amide bonds. The quantitative estimate of drug-likeness (QED) is 0.661. The number of halogens is 2. The molecule has 1 heterocycles. The van der Waals surface area contributed by atoms with E-state index in [-0.39, 0.29) is 18.2 Å². The molecular formula is C12H14F2N2O3. The van der Waals surface area contributed by atoms with E-state index < -0.39 is 28.3 Å². The van der Waals surface area contributed by atoms with Gasteiger partial charge >= 0.3 is 0 Å². The van der Waals surface area contributed by atoms with E-state index in [0.717, 1.165) is 12.1 Å². The summed E-state index contributed by atoms with van der Waals surface area (Å²) in [5.41, 5.74) is -0.864. The van der Waals surface area contributed by atoms with Crippen molar-refractivity contribution in [2.75, 3.05) is 18.0 Å². The predicted octanol–water partition coefficient (Wildman–Crippen LogP) is 2.08. The topological polar surface area (TPSA) is 66.6 Å². The molecule has 1 aliphatic heterocycles. The summed E-state index contributed by atoms with van der Waals surface area (Å²) in [6.07, 6.45) is -0.148. The summed E-state index contributed by atoms with van der Waals surface area (Å²) in [6.45, 7) is 2.25. The number of rotatable bonds is 2. The Kier molecular flexibility index (Phi) is 3.66. The molecule has 1 saturated heterocycles. The first-order chi connectivity index (χ1) is 8.91. The lowest BCUT2D eigenvalue weighted by Crippen LogP contribution is -2.43. The fourth-order valence-corrected chi connectivity index (χ4v) is 2.23. The first kappa shape index (κ1) is 13.7. The zero-order valence-electron chi connectivity index (χ0n) is 10.3. The van der Waals surface area contributed by atoms with Crippen LogP contribution < -0.4 is 4.90 Å². The van der Waals surface area contributed by atoms with E-state index in [1.54, 1.807) is 0 Å². The fraction of sp³-hybridized carbons (Fsp3) is 0.500. The van der Waals surface area contributed by atoms with Crippen molar-refractivity contribution in [3.63, 3.8) is 0 Å². The third-order valence-electron chi connectivity index (χ3n) is 3.48. The van der Waals surface area contributed by atoms with E-state index in [0.29, 0.717) is 13.0 Å². The van der Waals surface area contributed by atoms with Gasteiger partial charge in [-0.15, -0.1) is 0 Å². The van der Waals surface area contributed by atoms with Gasteiger partial charge in [0.2, 0.25) is 0 Å². The van der Waals surface area contributed by atoms with Gasteiger partial charge in [0, 0.05) is 19.2 Å². The number of nitrogens with zero attached hydrogens (tertiary/aromatic N) is 2. The molecule has 5 nitrogen and oxygen atoms in total. The van der Waals surface area contributed by atoms with Crippen LogP contribution in [0.15, 0.2) is 12.1 Å². The molecule has 0 radical (unpaired) electrons. The molecule has 0 bridgehead atoms. The Labute approximate surface area is 108 Å². The molecule has 0 saturated carbocycles. The zero-order valence-corrected chi connectivity index (χ0v) is 10.3.